The van der Waals surface area contributed by atoms with E-state index in [1.54, 1.807) is 7.11 Å². The van der Waals surface area contributed by atoms with E-state index in [2.05, 4.69) is 59.3 Å². The van der Waals surface area contributed by atoms with Crippen LogP contribution >= 0.6 is 11.8 Å². The van der Waals surface area contributed by atoms with Gasteiger partial charge in [0.2, 0.25) is 0 Å². The van der Waals surface area contributed by atoms with Crippen LogP contribution in [0, 0.1) is 5.41 Å². The van der Waals surface area contributed by atoms with Crippen molar-refractivity contribution in [1.82, 2.24) is 0 Å². The summed E-state index contributed by atoms with van der Waals surface area (Å²) in [5.41, 5.74) is 2.11. The Morgan fingerprint density at radius 2 is 1.83 bits per heavy atom. The number of benzene rings is 2. The van der Waals surface area contributed by atoms with Crippen LogP contribution in [0.15, 0.2) is 47.4 Å². The van der Waals surface area contributed by atoms with Gasteiger partial charge >= 0.3 is 0 Å². The highest BCUT2D eigenvalue weighted by Gasteiger charge is 2.44. The number of unbranched alkanes of at least 4 members (excludes halogenated alkanes) is 1. The zero-order chi connectivity index (χ0) is 26.2. The average Bonchev–Trinajstić information content (AvgIpc) is 2.98. The second kappa shape index (κ2) is 13.2. The highest BCUT2D eigenvalue weighted by Crippen LogP contribution is 2.51. The van der Waals surface area contributed by atoms with Crippen LogP contribution in [0.3, 0.4) is 0 Å². The molecule has 1 unspecified atom stereocenters. The molecule has 1 heterocycles. The number of hydrogen-bond donors (Lipinski definition) is 1. The van der Waals surface area contributed by atoms with E-state index in [0.717, 1.165) is 66.1 Å². The van der Waals surface area contributed by atoms with Crippen molar-refractivity contribution in [3.8, 4) is 11.5 Å². The zero-order valence-corrected chi connectivity index (χ0v) is 23.9. The van der Waals surface area contributed by atoms with Crippen molar-refractivity contribution in [2.24, 2.45) is 5.41 Å². The molecule has 0 spiro atoms. The summed E-state index contributed by atoms with van der Waals surface area (Å²) in [5, 5.41) is 12.0. The summed E-state index contributed by atoms with van der Waals surface area (Å²) in [6, 6.07) is 14.5. The van der Waals surface area contributed by atoms with E-state index in [-0.39, 0.29) is 11.3 Å². The Morgan fingerprint density at radius 1 is 1.03 bits per heavy atom. The van der Waals surface area contributed by atoms with Crippen LogP contribution in [0.2, 0.25) is 0 Å². The Morgan fingerprint density at radius 3 is 2.53 bits per heavy atom. The van der Waals surface area contributed by atoms with Crippen molar-refractivity contribution in [2.45, 2.75) is 56.4 Å². The number of rotatable bonds is 13. The quantitative estimate of drug-likeness (QED) is 0.262. The van der Waals surface area contributed by atoms with Crippen LogP contribution in [0.25, 0.3) is 0 Å². The third-order valence-electron chi connectivity index (χ3n) is 7.37. The van der Waals surface area contributed by atoms with Crippen molar-refractivity contribution in [3.63, 3.8) is 0 Å². The molecule has 0 bridgehead atoms. The fourth-order valence-electron chi connectivity index (χ4n) is 4.91. The molecule has 1 N–H and O–H groups in total. The Balaban J connectivity index is 1.84. The first kappa shape index (κ1) is 28.8. The first-order valence-electron chi connectivity index (χ1n) is 13.3. The molecular weight excluding hydrogens is 470 g/mol. The Bertz CT molecular complexity index is 960. The van der Waals surface area contributed by atoms with Crippen molar-refractivity contribution in [3.05, 3.63) is 53.6 Å². The molecule has 1 aliphatic rings. The molecule has 0 saturated carbocycles. The lowest BCUT2D eigenvalue weighted by molar-refractivity contribution is -0.870. The third kappa shape index (κ3) is 7.41. The minimum atomic E-state index is -0.481. The highest BCUT2D eigenvalue weighted by atomic mass is 32.2. The van der Waals surface area contributed by atoms with Crippen LogP contribution < -0.4 is 9.47 Å². The number of quaternary nitrogens is 1. The highest BCUT2D eigenvalue weighted by molar-refractivity contribution is 7.99. The molecular formula is C30H46NO4S+. The fraction of sp³-hybridized carbons (Fsp3) is 0.600. The molecule has 5 nitrogen and oxygen atoms in total. The van der Waals surface area contributed by atoms with Crippen LogP contribution in [0.5, 0.6) is 11.5 Å². The maximum Gasteiger partial charge on any atom is 0.119 e. The second-order valence-electron chi connectivity index (χ2n) is 11.0. The molecule has 3 atom stereocenters. The number of likely N-dealkylation sites (N-methyl/N-ethyl adjacent to an activating group) is 1. The smallest absolute Gasteiger partial charge is 0.119 e. The third-order valence-corrected chi connectivity index (χ3v) is 8.75. The molecule has 36 heavy (non-hydrogen) atoms. The minimum absolute atomic E-state index is 0.123. The van der Waals surface area contributed by atoms with E-state index in [4.69, 9.17) is 14.2 Å². The topological polar surface area (TPSA) is 47.9 Å². The fourth-order valence-corrected chi connectivity index (χ4v) is 6.43. The van der Waals surface area contributed by atoms with Gasteiger partial charge in [-0.25, -0.2) is 0 Å². The van der Waals surface area contributed by atoms with E-state index in [9.17, 15) is 5.11 Å². The summed E-state index contributed by atoms with van der Waals surface area (Å²) in [4.78, 5) is 1.20. The summed E-state index contributed by atoms with van der Waals surface area (Å²) in [7, 11) is 8.19. The Kier molecular flexibility index (Phi) is 10.6. The van der Waals surface area contributed by atoms with Crippen molar-refractivity contribution >= 4 is 11.8 Å². The first-order valence-corrected chi connectivity index (χ1v) is 14.3. The molecule has 1 aliphatic heterocycles. The van der Waals surface area contributed by atoms with E-state index >= 15 is 0 Å². The molecule has 0 aromatic heterocycles. The van der Waals surface area contributed by atoms with Gasteiger partial charge in [-0.1, -0.05) is 44.9 Å². The van der Waals surface area contributed by atoms with E-state index in [1.807, 2.05) is 30.0 Å². The standard InChI is InChI=1S/C30H46NO4S/c1-7-9-15-30(8-2)22-36-27-21-24(33-6)13-14-26(27)28(29(30)32)23-11-10-12-25(20-23)35-19-18-34-17-16-31(3,4)5/h10-14,20-21,28-29,32H,7-9,15-19,22H2,1-6H3/q+1/t28-,29-,30?/m1/s1. The summed E-state index contributed by atoms with van der Waals surface area (Å²) in [5.74, 6) is 2.45. The maximum atomic E-state index is 12.0. The van der Waals surface area contributed by atoms with E-state index in [0.29, 0.717) is 13.2 Å². The van der Waals surface area contributed by atoms with Crippen molar-refractivity contribution < 1.29 is 23.8 Å². The lowest BCUT2D eigenvalue weighted by atomic mass is 9.69. The van der Waals surface area contributed by atoms with Gasteiger partial charge in [-0.15, -0.1) is 11.8 Å². The predicted octanol–water partition coefficient (Wildman–Crippen LogP) is 5.98. The molecule has 2 aromatic rings. The van der Waals surface area contributed by atoms with Gasteiger partial charge in [0.05, 0.1) is 47.6 Å². The van der Waals surface area contributed by atoms with E-state index < -0.39 is 6.10 Å². The lowest BCUT2D eigenvalue weighted by Gasteiger charge is -2.40. The van der Waals surface area contributed by atoms with Gasteiger partial charge in [-0.3, -0.25) is 0 Å². The molecule has 200 valence electrons. The molecule has 0 radical (unpaired) electrons. The summed E-state index contributed by atoms with van der Waals surface area (Å²) >= 11 is 1.86. The summed E-state index contributed by atoms with van der Waals surface area (Å²) < 4.78 is 18.2. The van der Waals surface area contributed by atoms with Gasteiger partial charge in [0, 0.05) is 22.0 Å². The molecule has 2 aromatic carbocycles. The molecule has 3 rings (SSSR count). The Hall–Kier alpha value is -1.73. The zero-order valence-electron chi connectivity index (χ0n) is 23.1. The van der Waals surface area contributed by atoms with Crippen molar-refractivity contribution in [1.29, 1.82) is 0 Å². The largest absolute Gasteiger partial charge is 0.497 e. The molecule has 0 fully saturated rings. The normalized spacial score (nSPS) is 22.1. The average molecular weight is 517 g/mol. The van der Waals surface area contributed by atoms with Gasteiger partial charge in [0.1, 0.15) is 24.7 Å². The lowest BCUT2D eigenvalue weighted by Crippen LogP contribution is -2.40. The molecule has 6 heteroatoms. The van der Waals surface area contributed by atoms with Crippen molar-refractivity contribution in [2.75, 3.05) is 60.4 Å². The summed E-state index contributed by atoms with van der Waals surface area (Å²) in [6.07, 6.45) is 3.74. The van der Waals surface area contributed by atoms with Crippen LogP contribution in [0.1, 0.15) is 56.6 Å². The van der Waals surface area contributed by atoms with Crippen LogP contribution in [-0.4, -0.2) is 76.1 Å². The van der Waals surface area contributed by atoms with Gasteiger partial charge < -0.3 is 23.8 Å². The van der Waals surface area contributed by atoms with Gasteiger partial charge in [-0.2, -0.15) is 0 Å². The number of fused-ring (bicyclic) bond motifs is 1. The predicted molar refractivity (Wildman–Crippen MR) is 149 cm³/mol. The van der Waals surface area contributed by atoms with Crippen LogP contribution in [-0.2, 0) is 4.74 Å². The number of aliphatic hydroxyl groups excluding tert-OH is 1. The Labute approximate surface area is 222 Å². The number of methoxy groups -OCH3 is 1. The monoisotopic (exact) mass is 516 g/mol. The second-order valence-corrected chi connectivity index (χ2v) is 12.0. The number of nitrogens with zero attached hydrogens (tertiary/aromatic N) is 1. The first-order chi connectivity index (χ1) is 17.2. The van der Waals surface area contributed by atoms with E-state index in [1.165, 1.54) is 10.5 Å². The maximum absolute atomic E-state index is 12.0. The van der Waals surface area contributed by atoms with Gasteiger partial charge in [0.15, 0.2) is 0 Å². The number of ether oxygens (including phenoxy) is 3. The molecule has 0 aliphatic carbocycles. The number of thioether (sulfide) groups is 1. The number of aliphatic hydroxyl groups is 1. The minimum Gasteiger partial charge on any atom is -0.497 e. The SMILES string of the molecule is CCCCC1(CC)CSc2cc(OC)ccc2[C@@H](c2cccc(OCCOCC[N+](C)(C)C)c2)[C@H]1O. The van der Waals surface area contributed by atoms with Gasteiger partial charge in [0.25, 0.3) is 0 Å². The van der Waals surface area contributed by atoms with Gasteiger partial charge in [-0.05, 0) is 48.2 Å². The summed E-state index contributed by atoms with van der Waals surface area (Å²) in [6.45, 7) is 7.21. The number of hydrogen-bond acceptors (Lipinski definition) is 5. The van der Waals surface area contributed by atoms with Crippen LogP contribution in [0.4, 0.5) is 0 Å². The molecule has 0 amide bonds. The molecule has 0 saturated heterocycles.